The second-order valence-corrected chi connectivity index (χ2v) is 7.07. The molecule has 31 heavy (non-hydrogen) atoms. The third kappa shape index (κ3) is 3.47. The Kier molecular flexibility index (Phi) is 4.57. The average molecular weight is 426 g/mol. The fraction of sp³-hybridized carbons (Fsp3) is 0.200. The Hall–Kier alpha value is -3.89. The number of nitrogens with one attached hydrogen (secondary N) is 1. The van der Waals surface area contributed by atoms with Gasteiger partial charge in [0.25, 0.3) is 0 Å². The molecule has 8 nitrogen and oxygen atoms in total. The molecular weight excluding hydrogens is 409 g/mol. The van der Waals surface area contributed by atoms with Crippen molar-refractivity contribution in [3.8, 4) is 5.69 Å². The van der Waals surface area contributed by atoms with Crippen molar-refractivity contribution in [2.45, 2.75) is 19.9 Å². The molecule has 158 valence electrons. The largest absolute Gasteiger partial charge is 0.323 e. The standard InChI is InChI=1S/C20H17F3N8/c1-12-24-11-25-31(12)18-6-3-13(9-17(18)23)26-19-27-20-29(7-2-8-30(20)28-19)14-4-5-15(21)16(22)10-14/h3-6,9-11H,2,7-8H2,1H3,(H,26,28). The maximum Gasteiger partial charge on any atom is 0.248 e. The predicted octanol–water partition coefficient (Wildman–Crippen LogP) is 3.87. The Morgan fingerprint density at radius 1 is 0.968 bits per heavy atom. The van der Waals surface area contributed by atoms with Crippen LogP contribution < -0.4 is 10.2 Å². The van der Waals surface area contributed by atoms with Crippen LogP contribution >= 0.6 is 0 Å². The summed E-state index contributed by atoms with van der Waals surface area (Å²) >= 11 is 0. The van der Waals surface area contributed by atoms with Crippen LogP contribution in [0.3, 0.4) is 0 Å². The van der Waals surface area contributed by atoms with Crippen molar-refractivity contribution in [2.24, 2.45) is 0 Å². The number of aromatic nitrogens is 6. The van der Waals surface area contributed by atoms with E-state index in [1.165, 1.54) is 23.1 Å². The van der Waals surface area contributed by atoms with Crippen LogP contribution in [0, 0.1) is 24.4 Å². The summed E-state index contributed by atoms with van der Waals surface area (Å²) in [6, 6.07) is 8.31. The summed E-state index contributed by atoms with van der Waals surface area (Å²) in [4.78, 5) is 10.2. The zero-order valence-corrected chi connectivity index (χ0v) is 16.4. The third-order valence-corrected chi connectivity index (χ3v) is 5.01. The second kappa shape index (κ2) is 7.42. The number of rotatable bonds is 4. The van der Waals surface area contributed by atoms with Crippen LogP contribution in [0.25, 0.3) is 5.69 Å². The highest BCUT2D eigenvalue weighted by molar-refractivity contribution is 5.62. The van der Waals surface area contributed by atoms with Gasteiger partial charge in [-0.05, 0) is 43.7 Å². The molecule has 3 heterocycles. The zero-order valence-electron chi connectivity index (χ0n) is 16.4. The van der Waals surface area contributed by atoms with Gasteiger partial charge < -0.3 is 10.2 Å². The molecule has 0 aliphatic carbocycles. The molecule has 0 saturated carbocycles. The fourth-order valence-electron chi connectivity index (χ4n) is 3.53. The van der Waals surface area contributed by atoms with E-state index in [1.807, 2.05) is 0 Å². The number of hydrogen-bond donors (Lipinski definition) is 1. The predicted molar refractivity (Wildman–Crippen MR) is 107 cm³/mol. The quantitative estimate of drug-likeness (QED) is 0.534. The molecule has 1 N–H and O–H groups in total. The molecule has 5 rings (SSSR count). The van der Waals surface area contributed by atoms with E-state index >= 15 is 0 Å². The van der Waals surface area contributed by atoms with Gasteiger partial charge in [-0.2, -0.15) is 10.1 Å². The molecule has 0 atom stereocenters. The lowest BCUT2D eigenvalue weighted by atomic mass is 10.2. The zero-order chi connectivity index (χ0) is 21.5. The van der Waals surface area contributed by atoms with Gasteiger partial charge in [0, 0.05) is 30.5 Å². The van der Waals surface area contributed by atoms with Gasteiger partial charge in [-0.3, -0.25) is 0 Å². The smallest absolute Gasteiger partial charge is 0.248 e. The van der Waals surface area contributed by atoms with Crippen molar-refractivity contribution >= 4 is 23.3 Å². The Balaban J connectivity index is 1.42. The van der Waals surface area contributed by atoms with Gasteiger partial charge in [-0.1, -0.05) is 0 Å². The molecule has 11 heteroatoms. The number of nitrogens with zero attached hydrogens (tertiary/aromatic N) is 7. The molecule has 4 aromatic rings. The first kappa shape index (κ1) is 19.1. The first-order valence-electron chi connectivity index (χ1n) is 9.60. The van der Waals surface area contributed by atoms with Crippen LogP contribution in [0.2, 0.25) is 0 Å². The highest BCUT2D eigenvalue weighted by Gasteiger charge is 2.23. The summed E-state index contributed by atoms with van der Waals surface area (Å²) in [5.74, 6) is -0.975. The van der Waals surface area contributed by atoms with Crippen molar-refractivity contribution in [2.75, 3.05) is 16.8 Å². The van der Waals surface area contributed by atoms with E-state index in [9.17, 15) is 13.2 Å². The summed E-state index contributed by atoms with van der Waals surface area (Å²) in [5.41, 5.74) is 1.22. The number of fused-ring (bicyclic) bond motifs is 1. The van der Waals surface area contributed by atoms with Crippen molar-refractivity contribution in [3.63, 3.8) is 0 Å². The average Bonchev–Trinajstić information content (AvgIpc) is 3.35. The van der Waals surface area contributed by atoms with Crippen LogP contribution in [0.1, 0.15) is 12.2 Å². The Labute approximate surface area is 175 Å². The molecule has 0 unspecified atom stereocenters. The summed E-state index contributed by atoms with van der Waals surface area (Å²) in [5, 5.41) is 11.4. The van der Waals surface area contributed by atoms with Gasteiger partial charge in [0.1, 0.15) is 17.8 Å². The van der Waals surface area contributed by atoms with Crippen LogP contribution in [0.5, 0.6) is 0 Å². The number of halogens is 3. The number of anilines is 4. The maximum atomic E-state index is 14.6. The lowest BCUT2D eigenvalue weighted by molar-refractivity contribution is 0.506. The lowest BCUT2D eigenvalue weighted by Crippen LogP contribution is -2.28. The van der Waals surface area contributed by atoms with E-state index in [4.69, 9.17) is 0 Å². The van der Waals surface area contributed by atoms with Gasteiger partial charge in [-0.25, -0.2) is 27.5 Å². The summed E-state index contributed by atoms with van der Waals surface area (Å²) in [6.45, 7) is 2.95. The molecule has 0 bridgehead atoms. The van der Waals surface area contributed by atoms with E-state index in [-0.39, 0.29) is 11.6 Å². The summed E-state index contributed by atoms with van der Waals surface area (Å²) in [6.07, 6.45) is 2.12. The topological polar surface area (TPSA) is 76.7 Å². The minimum atomic E-state index is -0.925. The third-order valence-electron chi connectivity index (χ3n) is 5.01. The Morgan fingerprint density at radius 2 is 1.84 bits per heavy atom. The van der Waals surface area contributed by atoms with Crippen molar-refractivity contribution in [1.82, 2.24) is 29.5 Å². The fourth-order valence-corrected chi connectivity index (χ4v) is 3.53. The van der Waals surface area contributed by atoms with E-state index in [0.717, 1.165) is 18.6 Å². The van der Waals surface area contributed by atoms with E-state index in [0.29, 0.717) is 36.2 Å². The van der Waals surface area contributed by atoms with Gasteiger partial charge >= 0.3 is 0 Å². The van der Waals surface area contributed by atoms with Crippen LogP contribution in [-0.2, 0) is 6.54 Å². The van der Waals surface area contributed by atoms with Crippen LogP contribution in [0.4, 0.5) is 36.4 Å². The molecule has 0 spiro atoms. The minimum Gasteiger partial charge on any atom is -0.323 e. The van der Waals surface area contributed by atoms with Crippen molar-refractivity contribution in [3.05, 3.63) is 66.0 Å². The van der Waals surface area contributed by atoms with Gasteiger partial charge in [0.05, 0.1) is 0 Å². The minimum absolute atomic E-state index is 0.272. The van der Waals surface area contributed by atoms with Crippen molar-refractivity contribution < 1.29 is 13.2 Å². The molecule has 2 aromatic heterocycles. The van der Waals surface area contributed by atoms with Gasteiger partial charge in [-0.15, -0.1) is 5.10 Å². The molecule has 1 aliphatic heterocycles. The Morgan fingerprint density at radius 3 is 2.58 bits per heavy atom. The van der Waals surface area contributed by atoms with Gasteiger partial charge in [0.2, 0.25) is 11.9 Å². The van der Waals surface area contributed by atoms with Crippen LogP contribution in [0.15, 0.2) is 42.7 Å². The van der Waals surface area contributed by atoms with E-state index in [1.54, 1.807) is 28.6 Å². The molecule has 0 saturated heterocycles. The first-order chi connectivity index (χ1) is 15.0. The van der Waals surface area contributed by atoms with E-state index < -0.39 is 17.5 Å². The summed E-state index contributed by atoms with van der Waals surface area (Å²) in [7, 11) is 0. The number of aryl methyl sites for hydroxylation is 2. The highest BCUT2D eigenvalue weighted by atomic mass is 19.2. The SMILES string of the molecule is Cc1ncnn1-c1ccc(Nc2nc3n(n2)CCCN3c2ccc(F)c(F)c2)cc1F. The van der Waals surface area contributed by atoms with Gasteiger partial charge in [0.15, 0.2) is 17.5 Å². The monoisotopic (exact) mass is 426 g/mol. The molecule has 0 radical (unpaired) electrons. The molecule has 2 aromatic carbocycles. The molecule has 0 fully saturated rings. The first-order valence-corrected chi connectivity index (χ1v) is 9.60. The van der Waals surface area contributed by atoms with Crippen molar-refractivity contribution in [1.29, 1.82) is 0 Å². The normalized spacial score (nSPS) is 13.4. The Bertz CT molecular complexity index is 1270. The number of hydrogen-bond acceptors (Lipinski definition) is 6. The van der Waals surface area contributed by atoms with E-state index in [2.05, 4.69) is 25.5 Å². The number of benzene rings is 2. The van der Waals surface area contributed by atoms with Crippen LogP contribution in [-0.4, -0.2) is 36.1 Å². The second-order valence-electron chi connectivity index (χ2n) is 7.07. The molecule has 0 amide bonds. The molecule has 1 aliphatic rings. The summed E-state index contributed by atoms with van der Waals surface area (Å²) < 4.78 is 44.7. The maximum absolute atomic E-state index is 14.6. The highest BCUT2D eigenvalue weighted by Crippen LogP contribution is 2.30. The lowest BCUT2D eigenvalue weighted by Gasteiger charge is -2.27. The molecular formula is C20H17F3N8.